The van der Waals surface area contributed by atoms with Gasteiger partial charge in [-0.15, -0.1) is 13.2 Å². The molecule has 1 amide bonds. The summed E-state index contributed by atoms with van der Waals surface area (Å²) in [6.45, 7) is 6.42. The van der Waals surface area contributed by atoms with Crippen molar-refractivity contribution in [2.24, 2.45) is 5.92 Å². The SMILES string of the molecule is CCCCCC1CCC(c2ccc(-c3ccc(C(=O)Nc4ccc(-c5ccc6c(c5)-c5c(c7c(c8cc(C(F)(F)F)ccc58)OC(c5ccc(OC)cc5)(c5ccc(OC(F)(F)F)cc5)C=C7)C6(C)C)cc4)cc3)cc2)CC1. The summed E-state index contributed by atoms with van der Waals surface area (Å²) in [6, 6.07) is 46.2. The van der Waals surface area contributed by atoms with Gasteiger partial charge in [0.15, 0.2) is 5.60 Å². The molecule has 2 aliphatic carbocycles. The molecule has 1 aliphatic heterocycles. The van der Waals surface area contributed by atoms with Crippen LogP contribution in [-0.2, 0) is 17.2 Å². The van der Waals surface area contributed by atoms with Crippen molar-refractivity contribution < 1.29 is 45.3 Å². The number of hydrogen-bond acceptors (Lipinski definition) is 4. The Morgan fingerprint density at radius 2 is 1.27 bits per heavy atom. The van der Waals surface area contributed by atoms with Crippen LogP contribution in [0.5, 0.6) is 17.2 Å². The summed E-state index contributed by atoms with van der Waals surface area (Å²) in [6.07, 6.45) is 4.55. The highest BCUT2D eigenvalue weighted by atomic mass is 19.4. The Labute approximate surface area is 450 Å². The minimum Gasteiger partial charge on any atom is -0.497 e. The number of benzene rings is 8. The molecule has 1 fully saturated rings. The monoisotopic (exact) mass is 1060 g/mol. The zero-order valence-corrected chi connectivity index (χ0v) is 43.9. The number of carbonyl (C=O) groups excluding carboxylic acids is 1. The third kappa shape index (κ3) is 10.0. The number of rotatable bonds is 13. The molecular formula is C67H59F6NO4. The van der Waals surface area contributed by atoms with E-state index in [0.29, 0.717) is 45.0 Å². The van der Waals surface area contributed by atoms with Crippen molar-refractivity contribution in [1.82, 2.24) is 0 Å². The van der Waals surface area contributed by atoms with E-state index in [0.717, 1.165) is 62.6 Å². The number of alkyl halides is 6. The second-order valence-corrected chi connectivity index (χ2v) is 21.6. The first-order valence-corrected chi connectivity index (χ1v) is 26.8. The zero-order chi connectivity index (χ0) is 54.6. The number of halogens is 6. The van der Waals surface area contributed by atoms with Gasteiger partial charge in [-0.05, 0) is 166 Å². The van der Waals surface area contributed by atoms with E-state index in [2.05, 4.69) is 67.2 Å². The van der Waals surface area contributed by atoms with Gasteiger partial charge in [0, 0.05) is 38.7 Å². The van der Waals surface area contributed by atoms with Crippen molar-refractivity contribution in [1.29, 1.82) is 0 Å². The quantitative estimate of drug-likeness (QED) is 0.0923. The van der Waals surface area contributed by atoms with Gasteiger partial charge in [0.2, 0.25) is 0 Å². The third-order valence-corrected chi connectivity index (χ3v) is 16.4. The van der Waals surface area contributed by atoms with Gasteiger partial charge in [-0.25, -0.2) is 0 Å². The average molecular weight is 1060 g/mol. The van der Waals surface area contributed by atoms with E-state index in [1.165, 1.54) is 94.4 Å². The number of anilines is 1. The van der Waals surface area contributed by atoms with Crippen molar-refractivity contribution in [3.05, 3.63) is 208 Å². The predicted molar refractivity (Wildman–Crippen MR) is 297 cm³/mol. The highest BCUT2D eigenvalue weighted by Gasteiger charge is 2.45. The van der Waals surface area contributed by atoms with Crippen LogP contribution in [0.15, 0.2) is 164 Å². The fraction of sp³-hybridized carbons (Fsp3) is 0.269. The van der Waals surface area contributed by atoms with Gasteiger partial charge in [-0.2, -0.15) is 13.2 Å². The molecular weight excluding hydrogens is 997 g/mol. The van der Waals surface area contributed by atoms with Crippen LogP contribution in [0.1, 0.15) is 127 Å². The van der Waals surface area contributed by atoms with E-state index in [-0.39, 0.29) is 17.0 Å². The van der Waals surface area contributed by atoms with Crippen LogP contribution in [0.2, 0.25) is 0 Å². The van der Waals surface area contributed by atoms with Crippen LogP contribution in [0, 0.1) is 5.92 Å². The molecule has 8 aromatic carbocycles. The Morgan fingerprint density at radius 3 is 1.88 bits per heavy atom. The molecule has 1 N–H and O–H groups in total. The van der Waals surface area contributed by atoms with E-state index in [4.69, 9.17) is 9.47 Å². The van der Waals surface area contributed by atoms with Gasteiger partial charge in [0.1, 0.15) is 17.2 Å². The molecule has 0 saturated heterocycles. The maximum Gasteiger partial charge on any atom is 0.573 e. The zero-order valence-electron chi connectivity index (χ0n) is 43.9. The summed E-state index contributed by atoms with van der Waals surface area (Å²) < 4.78 is 101. The van der Waals surface area contributed by atoms with Crippen molar-refractivity contribution in [2.75, 3.05) is 12.4 Å². The van der Waals surface area contributed by atoms with Crippen LogP contribution < -0.4 is 19.5 Å². The van der Waals surface area contributed by atoms with Crippen molar-refractivity contribution in [3.63, 3.8) is 0 Å². The number of fused-ring (bicyclic) bond motifs is 8. The number of amides is 1. The molecule has 0 aromatic heterocycles. The predicted octanol–water partition coefficient (Wildman–Crippen LogP) is 18.9. The Morgan fingerprint density at radius 1 is 0.667 bits per heavy atom. The largest absolute Gasteiger partial charge is 0.573 e. The lowest BCUT2D eigenvalue weighted by molar-refractivity contribution is -0.274. The summed E-state index contributed by atoms with van der Waals surface area (Å²) >= 11 is 0. The van der Waals surface area contributed by atoms with Gasteiger partial charge in [0.05, 0.1) is 12.7 Å². The average Bonchev–Trinajstić information content (AvgIpc) is 3.38. The number of ether oxygens (including phenoxy) is 3. The van der Waals surface area contributed by atoms with E-state index in [9.17, 15) is 31.1 Å². The Hall–Kier alpha value is -7.79. The first-order chi connectivity index (χ1) is 37.4. The summed E-state index contributed by atoms with van der Waals surface area (Å²) in [7, 11) is 1.52. The Bertz CT molecular complexity index is 3540. The lowest BCUT2D eigenvalue weighted by atomic mass is 9.76. The number of nitrogens with one attached hydrogen (secondary N) is 1. The van der Waals surface area contributed by atoms with Crippen LogP contribution >= 0.6 is 0 Å². The third-order valence-electron chi connectivity index (χ3n) is 16.4. The van der Waals surface area contributed by atoms with Crippen LogP contribution in [0.3, 0.4) is 0 Å². The Kier molecular flexibility index (Phi) is 13.8. The molecule has 78 heavy (non-hydrogen) atoms. The van der Waals surface area contributed by atoms with Gasteiger partial charge < -0.3 is 19.5 Å². The summed E-state index contributed by atoms with van der Waals surface area (Å²) in [4.78, 5) is 13.6. The standard InChI is InChI=1S/C67H59F6NO4/c1-5-6-7-8-41-9-11-42(12-10-41)43-13-15-44(16-14-43)45-17-19-47(20-18-45)63(75)74-52-29-21-46(22-30-52)48-23-36-59-58(39-48)60-55-35-28-51(66(68,69)70)40-57(55)62-56(61(60)64(59,2)3)37-38-65(78-62,49-24-31-53(76-4)32-25-49)50-26-33-54(34-27-50)77-67(71,72)73/h13-42H,5-12H2,1-4H3,(H,74,75). The molecule has 11 rings (SSSR count). The molecule has 1 saturated carbocycles. The van der Waals surface area contributed by atoms with Crippen molar-refractivity contribution >= 4 is 28.4 Å². The minimum atomic E-state index is -4.92. The normalized spacial score (nSPS) is 18.4. The number of unbranched alkanes of at least 4 members (excludes halogenated alkanes) is 2. The molecule has 1 unspecified atom stereocenters. The second-order valence-electron chi connectivity index (χ2n) is 21.6. The smallest absolute Gasteiger partial charge is 0.497 e. The maximum absolute atomic E-state index is 14.7. The molecule has 3 aliphatic rings. The molecule has 0 radical (unpaired) electrons. The molecule has 1 heterocycles. The lowest BCUT2D eigenvalue weighted by Gasteiger charge is -2.38. The Balaban J connectivity index is 0.869. The lowest BCUT2D eigenvalue weighted by Crippen LogP contribution is -2.35. The summed E-state index contributed by atoms with van der Waals surface area (Å²) in [5.41, 5.74) is 8.42. The molecule has 5 nitrogen and oxygen atoms in total. The van der Waals surface area contributed by atoms with Crippen LogP contribution in [0.25, 0.3) is 50.2 Å². The van der Waals surface area contributed by atoms with Crippen molar-refractivity contribution in [3.8, 4) is 50.6 Å². The fourth-order valence-corrected chi connectivity index (χ4v) is 12.3. The van der Waals surface area contributed by atoms with E-state index in [1.807, 2.05) is 60.7 Å². The molecule has 11 heteroatoms. The molecule has 1 atom stereocenters. The number of hydrogen-bond donors (Lipinski definition) is 1. The highest BCUT2D eigenvalue weighted by molar-refractivity contribution is 6.09. The van der Waals surface area contributed by atoms with Crippen LogP contribution in [0.4, 0.5) is 32.0 Å². The molecule has 8 aromatic rings. The summed E-state index contributed by atoms with van der Waals surface area (Å²) in [5, 5.41) is 3.80. The second kappa shape index (κ2) is 20.5. The van der Waals surface area contributed by atoms with Crippen molar-refractivity contribution in [2.45, 2.75) is 102 Å². The van der Waals surface area contributed by atoms with Gasteiger partial charge >= 0.3 is 12.5 Å². The highest BCUT2D eigenvalue weighted by Crippen LogP contribution is 2.59. The van der Waals surface area contributed by atoms with E-state index in [1.54, 1.807) is 30.3 Å². The molecule has 0 spiro atoms. The van der Waals surface area contributed by atoms with E-state index < -0.39 is 34.9 Å². The minimum absolute atomic E-state index is 0.198. The fourth-order valence-electron chi connectivity index (χ4n) is 12.3. The first kappa shape index (κ1) is 52.3. The van der Waals surface area contributed by atoms with Gasteiger partial charge in [-0.1, -0.05) is 144 Å². The molecule has 0 bridgehead atoms. The first-order valence-electron chi connectivity index (χ1n) is 26.8. The maximum atomic E-state index is 14.7. The van der Waals surface area contributed by atoms with Crippen LogP contribution in [-0.4, -0.2) is 19.4 Å². The molecule has 398 valence electrons. The van der Waals surface area contributed by atoms with Gasteiger partial charge in [-0.3, -0.25) is 4.79 Å². The number of carbonyl (C=O) groups is 1. The summed E-state index contributed by atoms with van der Waals surface area (Å²) in [5.74, 6) is 1.56. The number of methoxy groups -OCH3 is 1. The van der Waals surface area contributed by atoms with Gasteiger partial charge in [0.25, 0.3) is 5.91 Å². The van der Waals surface area contributed by atoms with E-state index >= 15 is 0 Å². The topological polar surface area (TPSA) is 56.8 Å².